The molecule has 120 valence electrons. The van der Waals surface area contributed by atoms with E-state index < -0.39 is 0 Å². The Bertz CT molecular complexity index is 508. The molecule has 2 fully saturated rings. The average molecular weight is 307 g/mol. The van der Waals surface area contributed by atoms with Crippen LogP contribution in [0.4, 0.5) is 4.39 Å². The van der Waals surface area contributed by atoms with Gasteiger partial charge in [-0.3, -0.25) is 4.79 Å². The fourth-order valence-corrected chi connectivity index (χ4v) is 3.17. The van der Waals surface area contributed by atoms with E-state index in [1.54, 1.807) is 18.2 Å². The van der Waals surface area contributed by atoms with Crippen molar-refractivity contribution >= 4 is 5.91 Å². The summed E-state index contributed by atoms with van der Waals surface area (Å²) < 4.78 is 24.6. The number of carbonyl (C=O) groups is 1. The van der Waals surface area contributed by atoms with Crippen LogP contribution in [-0.2, 0) is 20.7 Å². The number of amides is 1. The average Bonchev–Trinajstić information content (AvgIpc) is 3.08. The summed E-state index contributed by atoms with van der Waals surface area (Å²) in [7, 11) is 0. The van der Waals surface area contributed by atoms with E-state index in [4.69, 9.17) is 9.47 Å². The third-order valence-electron chi connectivity index (χ3n) is 4.49. The van der Waals surface area contributed by atoms with Crippen molar-refractivity contribution in [1.29, 1.82) is 0 Å². The van der Waals surface area contributed by atoms with Gasteiger partial charge in [0.2, 0.25) is 5.91 Å². The molecule has 5 heteroatoms. The summed E-state index contributed by atoms with van der Waals surface area (Å²) >= 11 is 0. The van der Waals surface area contributed by atoms with Crippen LogP contribution < -0.4 is 0 Å². The maximum Gasteiger partial charge on any atom is 0.222 e. The van der Waals surface area contributed by atoms with Gasteiger partial charge in [0.1, 0.15) is 5.82 Å². The Morgan fingerprint density at radius 2 is 1.86 bits per heavy atom. The van der Waals surface area contributed by atoms with Crippen LogP contribution in [0.5, 0.6) is 0 Å². The second-order valence-corrected chi connectivity index (χ2v) is 5.92. The summed E-state index contributed by atoms with van der Waals surface area (Å²) in [5.41, 5.74) is 0.610. The molecule has 2 aliphatic rings. The molecular weight excluding hydrogens is 285 g/mol. The number of hydrogen-bond acceptors (Lipinski definition) is 3. The molecule has 0 unspecified atom stereocenters. The number of benzene rings is 1. The summed E-state index contributed by atoms with van der Waals surface area (Å²) in [6.45, 7) is 2.83. The van der Waals surface area contributed by atoms with Crippen LogP contribution in [0.15, 0.2) is 24.3 Å². The van der Waals surface area contributed by atoms with E-state index >= 15 is 0 Å². The van der Waals surface area contributed by atoms with Crippen LogP contribution in [0.3, 0.4) is 0 Å². The minimum Gasteiger partial charge on any atom is -0.350 e. The molecule has 2 aliphatic heterocycles. The topological polar surface area (TPSA) is 38.8 Å². The summed E-state index contributed by atoms with van der Waals surface area (Å²) in [5.74, 6) is 0.262. The van der Waals surface area contributed by atoms with Gasteiger partial charge in [0, 0.05) is 25.4 Å². The van der Waals surface area contributed by atoms with Gasteiger partial charge in [-0.2, -0.15) is 0 Å². The molecule has 0 radical (unpaired) electrons. The van der Waals surface area contributed by atoms with Crippen LogP contribution in [0, 0.1) is 11.7 Å². The Morgan fingerprint density at radius 3 is 2.55 bits per heavy atom. The normalized spacial score (nSPS) is 20.5. The van der Waals surface area contributed by atoms with E-state index in [0.717, 1.165) is 25.9 Å². The van der Waals surface area contributed by atoms with Gasteiger partial charge >= 0.3 is 0 Å². The summed E-state index contributed by atoms with van der Waals surface area (Å²) in [6.07, 6.45) is 2.56. The molecule has 1 aromatic carbocycles. The van der Waals surface area contributed by atoms with Crippen molar-refractivity contribution in [2.75, 3.05) is 26.3 Å². The Morgan fingerprint density at radius 1 is 1.18 bits per heavy atom. The lowest BCUT2D eigenvalue weighted by Crippen LogP contribution is -2.41. The quantitative estimate of drug-likeness (QED) is 0.857. The van der Waals surface area contributed by atoms with Gasteiger partial charge < -0.3 is 14.4 Å². The molecule has 1 aromatic rings. The Balaban J connectivity index is 1.45. The minimum absolute atomic E-state index is 0.0873. The molecule has 0 aromatic heterocycles. The number of carbonyl (C=O) groups excluding carboxylic acids is 1. The van der Waals surface area contributed by atoms with Crippen molar-refractivity contribution in [2.24, 2.45) is 5.92 Å². The molecule has 0 bridgehead atoms. The molecule has 0 saturated carbocycles. The number of nitrogens with zero attached hydrogens (tertiary/aromatic N) is 1. The first-order valence-corrected chi connectivity index (χ1v) is 7.98. The van der Waals surface area contributed by atoms with E-state index in [9.17, 15) is 9.18 Å². The molecule has 2 heterocycles. The number of ether oxygens (including phenoxy) is 2. The van der Waals surface area contributed by atoms with Crippen molar-refractivity contribution in [2.45, 2.75) is 32.0 Å². The first kappa shape index (κ1) is 15.4. The van der Waals surface area contributed by atoms with E-state index in [1.165, 1.54) is 6.07 Å². The Kier molecular flexibility index (Phi) is 5.05. The third-order valence-corrected chi connectivity index (χ3v) is 4.49. The molecule has 0 N–H and O–H groups in total. The molecule has 22 heavy (non-hydrogen) atoms. The number of rotatable bonds is 4. The van der Waals surface area contributed by atoms with Gasteiger partial charge in [-0.15, -0.1) is 0 Å². The number of hydrogen-bond donors (Lipinski definition) is 0. The zero-order valence-electron chi connectivity index (χ0n) is 12.7. The monoisotopic (exact) mass is 307 g/mol. The highest BCUT2D eigenvalue weighted by Crippen LogP contribution is 2.26. The number of likely N-dealkylation sites (tertiary alicyclic amines) is 1. The summed E-state index contributed by atoms with van der Waals surface area (Å²) in [5, 5.41) is 0. The highest BCUT2D eigenvalue weighted by atomic mass is 19.1. The van der Waals surface area contributed by atoms with E-state index in [2.05, 4.69) is 0 Å². The van der Waals surface area contributed by atoms with Crippen LogP contribution in [0.2, 0.25) is 0 Å². The molecule has 0 spiro atoms. The zero-order valence-corrected chi connectivity index (χ0v) is 12.7. The SMILES string of the molecule is O=C(CCc1ccccc1F)N1CCC(C2OCCO2)CC1. The van der Waals surface area contributed by atoms with Crippen molar-refractivity contribution in [1.82, 2.24) is 4.90 Å². The molecule has 4 nitrogen and oxygen atoms in total. The minimum atomic E-state index is -0.232. The molecule has 0 atom stereocenters. The largest absolute Gasteiger partial charge is 0.350 e. The summed E-state index contributed by atoms with van der Waals surface area (Å²) in [4.78, 5) is 14.1. The zero-order chi connectivity index (χ0) is 15.4. The predicted molar refractivity (Wildman–Crippen MR) is 79.7 cm³/mol. The van der Waals surface area contributed by atoms with Gasteiger partial charge in [-0.1, -0.05) is 18.2 Å². The highest BCUT2D eigenvalue weighted by Gasteiger charge is 2.31. The molecule has 0 aliphatic carbocycles. The fraction of sp³-hybridized carbons (Fsp3) is 0.588. The van der Waals surface area contributed by atoms with Crippen molar-refractivity contribution in [3.8, 4) is 0 Å². The Hall–Kier alpha value is -1.46. The first-order chi connectivity index (χ1) is 10.7. The van der Waals surface area contributed by atoms with Crippen LogP contribution in [0.25, 0.3) is 0 Å². The lowest BCUT2D eigenvalue weighted by molar-refractivity contribution is -0.136. The molecule has 2 saturated heterocycles. The maximum atomic E-state index is 13.6. The van der Waals surface area contributed by atoms with Crippen molar-refractivity contribution in [3.63, 3.8) is 0 Å². The fourth-order valence-electron chi connectivity index (χ4n) is 3.17. The maximum absolute atomic E-state index is 13.6. The smallest absolute Gasteiger partial charge is 0.222 e. The van der Waals surface area contributed by atoms with Gasteiger partial charge in [-0.25, -0.2) is 4.39 Å². The van der Waals surface area contributed by atoms with Crippen LogP contribution in [-0.4, -0.2) is 43.4 Å². The van der Waals surface area contributed by atoms with Gasteiger partial charge in [-0.05, 0) is 30.9 Å². The highest BCUT2D eigenvalue weighted by molar-refractivity contribution is 5.76. The first-order valence-electron chi connectivity index (χ1n) is 7.98. The second kappa shape index (κ2) is 7.20. The van der Waals surface area contributed by atoms with E-state index in [1.807, 2.05) is 4.90 Å². The number of piperidine rings is 1. The number of halogens is 1. The van der Waals surface area contributed by atoms with Crippen molar-refractivity contribution < 1.29 is 18.7 Å². The van der Waals surface area contributed by atoms with E-state index in [-0.39, 0.29) is 18.0 Å². The second-order valence-electron chi connectivity index (χ2n) is 5.92. The van der Waals surface area contributed by atoms with Gasteiger partial charge in [0.05, 0.1) is 13.2 Å². The Labute approximate surface area is 130 Å². The molecule has 1 amide bonds. The number of aryl methyl sites for hydroxylation is 1. The van der Waals surface area contributed by atoms with Gasteiger partial charge in [0.15, 0.2) is 6.29 Å². The molecular formula is C17H22FNO3. The lowest BCUT2D eigenvalue weighted by Gasteiger charge is -2.34. The molecule has 3 rings (SSSR count). The summed E-state index contributed by atoms with van der Waals surface area (Å²) in [6, 6.07) is 6.64. The standard InChI is InChI=1S/C17H22FNO3/c18-15-4-2-1-3-13(15)5-6-16(20)19-9-7-14(8-10-19)17-21-11-12-22-17/h1-4,14,17H,5-12H2. The van der Waals surface area contributed by atoms with Crippen LogP contribution in [0.1, 0.15) is 24.8 Å². The third kappa shape index (κ3) is 3.65. The van der Waals surface area contributed by atoms with Crippen molar-refractivity contribution in [3.05, 3.63) is 35.6 Å². The van der Waals surface area contributed by atoms with E-state index in [0.29, 0.717) is 37.5 Å². The predicted octanol–water partition coefficient (Wildman–Crippen LogP) is 2.37. The van der Waals surface area contributed by atoms with Crippen LogP contribution >= 0.6 is 0 Å². The lowest BCUT2D eigenvalue weighted by atomic mass is 9.95. The van der Waals surface area contributed by atoms with Gasteiger partial charge in [0.25, 0.3) is 0 Å².